The molecule has 0 radical (unpaired) electrons. The number of thiophene rings is 1. The van der Waals surface area contributed by atoms with E-state index in [1.54, 1.807) is 11.3 Å². The Balaban J connectivity index is 2.03. The molecule has 1 aromatic carbocycles. The minimum absolute atomic E-state index is 0.262. The summed E-state index contributed by atoms with van der Waals surface area (Å²) in [5, 5.41) is 16.1. The van der Waals surface area contributed by atoms with Gasteiger partial charge < -0.3 is 10.4 Å². The molecule has 4 heteroatoms. The van der Waals surface area contributed by atoms with Gasteiger partial charge in [0.1, 0.15) is 5.60 Å². The Morgan fingerprint density at radius 3 is 2.60 bits per heavy atom. The minimum Gasteiger partial charge on any atom is -0.383 e. The van der Waals surface area contributed by atoms with E-state index in [0.717, 1.165) is 10.6 Å². The van der Waals surface area contributed by atoms with Gasteiger partial charge in [0.15, 0.2) is 0 Å². The zero-order valence-electron chi connectivity index (χ0n) is 11.9. The van der Waals surface area contributed by atoms with Gasteiger partial charge in [-0.3, -0.25) is 0 Å². The van der Waals surface area contributed by atoms with Crippen LogP contribution in [-0.2, 0) is 5.60 Å². The summed E-state index contributed by atoms with van der Waals surface area (Å²) in [5.41, 5.74) is 0.448. The van der Waals surface area contributed by atoms with E-state index in [1.165, 1.54) is 5.56 Å². The average molecular weight is 307 g/mol. The van der Waals surface area contributed by atoms with Crippen LogP contribution in [0.4, 0.5) is 0 Å². The number of hydrogen-bond acceptors (Lipinski definition) is 4. The molecule has 0 aliphatic rings. The van der Waals surface area contributed by atoms with E-state index in [1.807, 2.05) is 42.3 Å². The maximum atomic E-state index is 10.6. The lowest BCUT2D eigenvalue weighted by molar-refractivity contribution is 0.0583. The van der Waals surface area contributed by atoms with Crippen LogP contribution < -0.4 is 5.32 Å². The Hall–Kier alpha value is -0.810. The van der Waals surface area contributed by atoms with Crippen LogP contribution in [0.15, 0.2) is 47.8 Å². The van der Waals surface area contributed by atoms with Crippen molar-refractivity contribution in [1.82, 2.24) is 5.32 Å². The summed E-state index contributed by atoms with van der Waals surface area (Å²) >= 11 is 3.41. The van der Waals surface area contributed by atoms with Gasteiger partial charge in [-0.05, 0) is 30.2 Å². The quantitative estimate of drug-likeness (QED) is 0.819. The Bertz CT molecular complexity index is 496. The predicted molar refractivity (Wildman–Crippen MR) is 89.5 cm³/mol. The maximum Gasteiger partial charge on any atom is 0.108 e. The van der Waals surface area contributed by atoms with Crippen LogP contribution in [0.3, 0.4) is 0 Å². The highest BCUT2D eigenvalue weighted by molar-refractivity contribution is 7.98. The number of nitrogens with one attached hydrogen (secondary N) is 1. The van der Waals surface area contributed by atoms with E-state index in [0.29, 0.717) is 6.54 Å². The van der Waals surface area contributed by atoms with Gasteiger partial charge in [0.2, 0.25) is 0 Å². The molecule has 0 spiro atoms. The average Bonchev–Trinajstić information content (AvgIpc) is 2.99. The molecule has 1 aromatic heterocycles. The van der Waals surface area contributed by atoms with E-state index in [9.17, 15) is 5.11 Å². The van der Waals surface area contributed by atoms with Crippen LogP contribution in [0.5, 0.6) is 0 Å². The molecule has 0 amide bonds. The largest absolute Gasteiger partial charge is 0.383 e. The van der Waals surface area contributed by atoms with Crippen LogP contribution in [0.25, 0.3) is 0 Å². The number of thioether (sulfide) groups is 1. The van der Waals surface area contributed by atoms with Crippen LogP contribution in [0.2, 0.25) is 0 Å². The standard InChI is InChI=1S/C16H21NOS2/c1-16(18,15-9-6-10-20-15)12-17-14(11-19-2)13-7-4-3-5-8-13/h3-10,14,17-18H,11-12H2,1-2H3. The van der Waals surface area contributed by atoms with Crippen molar-refractivity contribution >= 4 is 23.1 Å². The molecule has 0 aliphatic carbocycles. The van der Waals surface area contributed by atoms with E-state index in [2.05, 4.69) is 35.8 Å². The SMILES string of the molecule is CSCC(NCC(C)(O)c1cccs1)c1ccccc1. The number of aliphatic hydroxyl groups is 1. The smallest absolute Gasteiger partial charge is 0.108 e. The second kappa shape index (κ2) is 7.27. The molecule has 2 nitrogen and oxygen atoms in total. The predicted octanol–water partition coefficient (Wildman–Crippen LogP) is 3.65. The van der Waals surface area contributed by atoms with Crippen molar-refractivity contribution in [3.05, 3.63) is 58.3 Å². The van der Waals surface area contributed by atoms with Crippen LogP contribution in [0.1, 0.15) is 23.4 Å². The van der Waals surface area contributed by atoms with Gasteiger partial charge in [0.25, 0.3) is 0 Å². The van der Waals surface area contributed by atoms with Gasteiger partial charge in [0, 0.05) is 23.2 Å². The van der Waals surface area contributed by atoms with Gasteiger partial charge in [-0.15, -0.1) is 11.3 Å². The lowest BCUT2D eigenvalue weighted by Gasteiger charge is -2.26. The summed E-state index contributed by atoms with van der Waals surface area (Å²) in [6.45, 7) is 2.42. The molecule has 0 fully saturated rings. The second-order valence-electron chi connectivity index (χ2n) is 5.05. The first-order valence-electron chi connectivity index (χ1n) is 6.67. The van der Waals surface area contributed by atoms with Crippen molar-refractivity contribution in [3.8, 4) is 0 Å². The first-order valence-corrected chi connectivity index (χ1v) is 8.94. The Labute approximate surface area is 129 Å². The normalized spacial score (nSPS) is 15.8. The first-order chi connectivity index (χ1) is 9.63. The Kier molecular flexibility index (Phi) is 5.66. The zero-order valence-corrected chi connectivity index (χ0v) is 13.5. The van der Waals surface area contributed by atoms with E-state index in [-0.39, 0.29) is 6.04 Å². The zero-order chi connectivity index (χ0) is 14.4. The highest BCUT2D eigenvalue weighted by atomic mass is 32.2. The lowest BCUT2D eigenvalue weighted by atomic mass is 10.0. The molecule has 1 heterocycles. The maximum absolute atomic E-state index is 10.6. The molecule has 0 bridgehead atoms. The van der Waals surface area contributed by atoms with E-state index >= 15 is 0 Å². The summed E-state index contributed by atoms with van der Waals surface area (Å²) < 4.78 is 0. The van der Waals surface area contributed by atoms with Gasteiger partial charge in [-0.25, -0.2) is 0 Å². The summed E-state index contributed by atoms with van der Waals surface area (Å²) in [4.78, 5) is 1.00. The molecule has 0 aliphatic heterocycles. The number of hydrogen-bond donors (Lipinski definition) is 2. The van der Waals surface area contributed by atoms with Crippen molar-refractivity contribution in [2.45, 2.75) is 18.6 Å². The fraction of sp³-hybridized carbons (Fsp3) is 0.375. The van der Waals surface area contributed by atoms with Crippen molar-refractivity contribution in [1.29, 1.82) is 0 Å². The molecular weight excluding hydrogens is 286 g/mol. The topological polar surface area (TPSA) is 32.3 Å². The molecule has 2 N–H and O–H groups in total. The summed E-state index contributed by atoms with van der Waals surface area (Å²) in [5.74, 6) is 0.991. The highest BCUT2D eigenvalue weighted by Gasteiger charge is 2.25. The fourth-order valence-corrected chi connectivity index (χ4v) is 3.55. The van der Waals surface area contributed by atoms with Gasteiger partial charge in [-0.1, -0.05) is 36.4 Å². The summed E-state index contributed by atoms with van der Waals surface area (Å²) in [7, 11) is 0. The van der Waals surface area contributed by atoms with Crippen LogP contribution in [-0.4, -0.2) is 23.7 Å². The van der Waals surface area contributed by atoms with E-state index < -0.39 is 5.60 Å². The molecule has 2 rings (SSSR count). The van der Waals surface area contributed by atoms with Gasteiger partial charge in [-0.2, -0.15) is 11.8 Å². The van der Waals surface area contributed by atoms with E-state index in [4.69, 9.17) is 0 Å². The van der Waals surface area contributed by atoms with Crippen LogP contribution in [0, 0.1) is 0 Å². The monoisotopic (exact) mass is 307 g/mol. The summed E-state index contributed by atoms with van der Waals surface area (Å²) in [6.07, 6.45) is 2.11. The number of benzene rings is 1. The van der Waals surface area contributed by atoms with Gasteiger partial charge >= 0.3 is 0 Å². The fourth-order valence-electron chi connectivity index (χ4n) is 2.12. The van der Waals surface area contributed by atoms with Crippen molar-refractivity contribution in [3.63, 3.8) is 0 Å². The summed E-state index contributed by atoms with van der Waals surface area (Å²) in [6, 6.07) is 14.6. The number of rotatable bonds is 7. The molecule has 0 saturated carbocycles. The van der Waals surface area contributed by atoms with Gasteiger partial charge in [0.05, 0.1) is 0 Å². The molecule has 108 valence electrons. The molecular formula is C16H21NOS2. The molecule has 2 aromatic rings. The minimum atomic E-state index is -0.820. The third kappa shape index (κ3) is 4.09. The third-order valence-electron chi connectivity index (χ3n) is 3.28. The molecule has 2 unspecified atom stereocenters. The third-order valence-corrected chi connectivity index (χ3v) is 5.07. The molecule has 20 heavy (non-hydrogen) atoms. The van der Waals surface area contributed by atoms with Crippen molar-refractivity contribution < 1.29 is 5.11 Å². The van der Waals surface area contributed by atoms with Crippen molar-refractivity contribution in [2.75, 3.05) is 18.6 Å². The molecule has 0 saturated heterocycles. The molecule has 2 atom stereocenters. The first kappa shape index (κ1) is 15.6. The Morgan fingerprint density at radius 2 is 2.00 bits per heavy atom. The lowest BCUT2D eigenvalue weighted by Crippen LogP contribution is -2.37. The second-order valence-corrected chi connectivity index (χ2v) is 6.91. The van der Waals surface area contributed by atoms with Crippen molar-refractivity contribution in [2.24, 2.45) is 0 Å². The Morgan fingerprint density at radius 1 is 1.25 bits per heavy atom. The van der Waals surface area contributed by atoms with Crippen LogP contribution >= 0.6 is 23.1 Å². The highest BCUT2D eigenvalue weighted by Crippen LogP contribution is 2.26.